The molecule has 1 saturated heterocycles. The third-order valence-corrected chi connectivity index (χ3v) is 4.20. The average Bonchev–Trinajstić information content (AvgIpc) is 2.58. The van der Waals surface area contributed by atoms with Gasteiger partial charge in [0.05, 0.1) is 5.60 Å². The fourth-order valence-electron chi connectivity index (χ4n) is 1.76. The molecule has 0 spiro atoms. The molecule has 1 heterocycles. The van der Waals surface area contributed by atoms with Gasteiger partial charge in [-0.3, -0.25) is 0 Å². The molecular weight excluding hydrogens is 235 g/mol. The summed E-state index contributed by atoms with van der Waals surface area (Å²) in [4.78, 5) is 0. The minimum Gasteiger partial charge on any atom is -0.389 e. The predicted octanol–water partition coefficient (Wildman–Crippen LogP) is 2.89. The summed E-state index contributed by atoms with van der Waals surface area (Å²) in [6.45, 7) is 0. The van der Waals surface area contributed by atoms with E-state index in [1.807, 2.05) is 0 Å². The Balaban J connectivity index is 2.16. The second-order valence-corrected chi connectivity index (χ2v) is 5.45. The number of benzene rings is 1. The highest BCUT2D eigenvalue weighted by Crippen LogP contribution is 2.32. The lowest BCUT2D eigenvalue weighted by Gasteiger charge is -2.21. The first-order chi connectivity index (χ1) is 7.09. The lowest BCUT2D eigenvalue weighted by Crippen LogP contribution is -2.30. The molecule has 1 aliphatic heterocycles. The topological polar surface area (TPSA) is 20.2 Å². The van der Waals surface area contributed by atoms with E-state index >= 15 is 0 Å². The van der Waals surface area contributed by atoms with Crippen molar-refractivity contribution in [3.05, 3.63) is 34.6 Å². The van der Waals surface area contributed by atoms with Crippen molar-refractivity contribution in [3.8, 4) is 0 Å². The molecule has 4 heteroatoms. The predicted molar refractivity (Wildman–Crippen MR) is 62.0 cm³/mol. The highest BCUT2D eigenvalue weighted by Gasteiger charge is 2.32. The van der Waals surface area contributed by atoms with Crippen LogP contribution in [0.25, 0.3) is 0 Å². The molecule has 0 aromatic heterocycles. The fourth-order valence-corrected chi connectivity index (χ4v) is 3.28. The summed E-state index contributed by atoms with van der Waals surface area (Å²) in [5.41, 5.74) is 0.162. The molecule has 1 aliphatic rings. The van der Waals surface area contributed by atoms with E-state index < -0.39 is 5.60 Å². The van der Waals surface area contributed by atoms with Crippen LogP contribution in [0.15, 0.2) is 18.2 Å². The maximum Gasteiger partial charge on any atom is 0.124 e. The van der Waals surface area contributed by atoms with Crippen molar-refractivity contribution in [2.75, 3.05) is 11.5 Å². The highest BCUT2D eigenvalue weighted by molar-refractivity contribution is 7.99. The van der Waals surface area contributed by atoms with Gasteiger partial charge in [0.2, 0.25) is 0 Å². The Kier molecular flexibility index (Phi) is 3.24. The summed E-state index contributed by atoms with van der Waals surface area (Å²) in [6, 6.07) is 4.33. The van der Waals surface area contributed by atoms with Gasteiger partial charge in [-0.2, -0.15) is 11.8 Å². The van der Waals surface area contributed by atoms with Gasteiger partial charge in [0.25, 0.3) is 0 Å². The van der Waals surface area contributed by atoms with Crippen molar-refractivity contribution in [1.82, 2.24) is 0 Å². The first kappa shape index (κ1) is 11.2. The molecule has 1 N–H and O–H groups in total. The van der Waals surface area contributed by atoms with Crippen molar-refractivity contribution < 1.29 is 9.50 Å². The smallest absolute Gasteiger partial charge is 0.124 e. The van der Waals surface area contributed by atoms with E-state index in [0.29, 0.717) is 11.4 Å². The molecule has 1 atom stereocenters. The van der Waals surface area contributed by atoms with Gasteiger partial charge >= 0.3 is 0 Å². The van der Waals surface area contributed by atoms with E-state index in [2.05, 4.69) is 0 Å². The Labute approximate surface area is 97.6 Å². The van der Waals surface area contributed by atoms with Crippen LogP contribution in [0, 0.1) is 5.82 Å². The Bertz CT molecular complexity index is 364. The zero-order valence-corrected chi connectivity index (χ0v) is 9.74. The molecule has 0 radical (unpaired) electrons. The highest BCUT2D eigenvalue weighted by atomic mass is 35.5. The van der Waals surface area contributed by atoms with Gasteiger partial charge in [0, 0.05) is 17.2 Å². The summed E-state index contributed by atoms with van der Waals surface area (Å²) < 4.78 is 12.8. The average molecular weight is 247 g/mol. The van der Waals surface area contributed by atoms with Crippen molar-refractivity contribution >= 4 is 23.4 Å². The van der Waals surface area contributed by atoms with Crippen LogP contribution in [0.3, 0.4) is 0 Å². The van der Waals surface area contributed by atoms with Crippen LogP contribution in [-0.4, -0.2) is 22.2 Å². The first-order valence-corrected chi connectivity index (χ1v) is 6.36. The minimum atomic E-state index is -0.661. The molecule has 1 nitrogen and oxygen atoms in total. The third kappa shape index (κ3) is 2.65. The summed E-state index contributed by atoms with van der Waals surface area (Å²) in [7, 11) is 0. The number of halogens is 2. The Hall–Kier alpha value is -0.250. The lowest BCUT2D eigenvalue weighted by molar-refractivity contribution is 0.0686. The maximum atomic E-state index is 12.8. The normalized spacial score (nSPS) is 25.8. The Morgan fingerprint density at radius 1 is 1.53 bits per heavy atom. The van der Waals surface area contributed by atoms with E-state index in [1.54, 1.807) is 17.8 Å². The first-order valence-electron chi connectivity index (χ1n) is 4.83. The number of aliphatic hydroxyl groups is 1. The molecule has 2 rings (SSSR count). The molecule has 0 bridgehead atoms. The zero-order valence-electron chi connectivity index (χ0n) is 8.17. The van der Waals surface area contributed by atoms with Crippen LogP contribution in [0.1, 0.15) is 12.0 Å². The van der Waals surface area contributed by atoms with E-state index in [-0.39, 0.29) is 5.82 Å². The zero-order chi connectivity index (χ0) is 10.9. The second-order valence-electron chi connectivity index (χ2n) is 3.94. The van der Waals surface area contributed by atoms with Gasteiger partial charge in [0.15, 0.2) is 0 Å². The molecule has 15 heavy (non-hydrogen) atoms. The van der Waals surface area contributed by atoms with E-state index in [1.165, 1.54) is 12.1 Å². The monoisotopic (exact) mass is 246 g/mol. The molecule has 1 aromatic rings. The van der Waals surface area contributed by atoms with Gasteiger partial charge in [0.1, 0.15) is 5.82 Å². The van der Waals surface area contributed by atoms with E-state index in [9.17, 15) is 9.50 Å². The van der Waals surface area contributed by atoms with E-state index in [4.69, 9.17) is 11.6 Å². The van der Waals surface area contributed by atoms with Crippen LogP contribution in [-0.2, 0) is 6.42 Å². The molecule has 1 fully saturated rings. The number of thioether (sulfide) groups is 1. The van der Waals surface area contributed by atoms with Crippen LogP contribution < -0.4 is 0 Å². The second kappa shape index (κ2) is 4.32. The van der Waals surface area contributed by atoms with Crippen molar-refractivity contribution in [1.29, 1.82) is 0 Å². The van der Waals surface area contributed by atoms with Gasteiger partial charge < -0.3 is 5.11 Å². The Morgan fingerprint density at radius 2 is 2.33 bits per heavy atom. The minimum absolute atomic E-state index is 0.337. The SMILES string of the molecule is OC1(Cc2ccc(F)cc2Cl)CCSC1. The van der Waals surface area contributed by atoms with E-state index in [0.717, 1.165) is 23.5 Å². The van der Waals surface area contributed by atoms with Gasteiger partial charge in [-0.05, 0) is 29.9 Å². The number of hydrogen-bond acceptors (Lipinski definition) is 2. The quantitative estimate of drug-likeness (QED) is 0.866. The van der Waals surface area contributed by atoms with Crippen LogP contribution in [0.5, 0.6) is 0 Å². The molecule has 1 unspecified atom stereocenters. The van der Waals surface area contributed by atoms with Crippen LogP contribution >= 0.6 is 23.4 Å². The van der Waals surface area contributed by atoms with Crippen molar-refractivity contribution in [2.45, 2.75) is 18.4 Å². The molecule has 0 amide bonds. The van der Waals surface area contributed by atoms with Crippen LogP contribution in [0.2, 0.25) is 5.02 Å². The number of hydrogen-bond donors (Lipinski definition) is 1. The summed E-state index contributed by atoms with van der Waals surface area (Å²) >= 11 is 7.65. The molecular formula is C11H12ClFOS. The van der Waals surface area contributed by atoms with Gasteiger partial charge in [-0.1, -0.05) is 17.7 Å². The molecule has 0 saturated carbocycles. The lowest BCUT2D eigenvalue weighted by atomic mass is 9.94. The summed E-state index contributed by atoms with van der Waals surface area (Å²) in [5, 5.41) is 10.6. The number of rotatable bonds is 2. The molecule has 1 aromatic carbocycles. The van der Waals surface area contributed by atoms with Crippen LogP contribution in [0.4, 0.5) is 4.39 Å². The van der Waals surface area contributed by atoms with Crippen molar-refractivity contribution in [3.63, 3.8) is 0 Å². The fraction of sp³-hybridized carbons (Fsp3) is 0.455. The molecule has 0 aliphatic carbocycles. The molecule has 82 valence electrons. The standard InChI is InChI=1S/C11H12ClFOS/c12-10-5-9(13)2-1-8(10)6-11(14)3-4-15-7-11/h1-2,5,14H,3-4,6-7H2. The largest absolute Gasteiger partial charge is 0.389 e. The van der Waals surface area contributed by atoms with Crippen molar-refractivity contribution in [2.24, 2.45) is 0 Å². The third-order valence-electron chi connectivity index (χ3n) is 2.62. The van der Waals surface area contributed by atoms with Gasteiger partial charge in [-0.15, -0.1) is 0 Å². The summed E-state index contributed by atoms with van der Waals surface area (Å²) in [6.07, 6.45) is 1.30. The summed E-state index contributed by atoms with van der Waals surface area (Å²) in [5.74, 6) is 1.38. The van der Waals surface area contributed by atoms with Gasteiger partial charge in [-0.25, -0.2) is 4.39 Å². The maximum absolute atomic E-state index is 12.8. The Morgan fingerprint density at radius 3 is 2.93 bits per heavy atom.